The average Bonchev–Trinajstić information content (AvgIpc) is 2.43. The van der Waals surface area contributed by atoms with Crippen molar-refractivity contribution in [1.82, 2.24) is 5.32 Å². The van der Waals surface area contributed by atoms with Gasteiger partial charge in [0.05, 0.1) is 11.7 Å². The number of nitrogens with one attached hydrogen (secondary N) is 1. The first kappa shape index (κ1) is 15.3. The number of carbonyl (C=O) groups excluding carboxylic acids is 1. The number of rotatable bonds is 5. The fourth-order valence-corrected chi connectivity index (χ4v) is 2.39. The van der Waals surface area contributed by atoms with Gasteiger partial charge in [-0.25, -0.2) is 0 Å². The Labute approximate surface area is 125 Å². The highest BCUT2D eigenvalue weighted by Gasteiger charge is 2.13. The van der Waals surface area contributed by atoms with Crippen molar-refractivity contribution in [1.29, 1.82) is 0 Å². The molecule has 2 rings (SSSR count). The summed E-state index contributed by atoms with van der Waals surface area (Å²) < 4.78 is 0. The van der Waals surface area contributed by atoms with Crippen LogP contribution in [-0.4, -0.2) is 23.7 Å². The highest BCUT2D eigenvalue weighted by molar-refractivity contribution is 6.03. The number of nitrogens with two attached hydrogens (primary N) is 1. The molecule has 21 heavy (non-hydrogen) atoms. The monoisotopic (exact) mass is 286 g/mol. The third kappa shape index (κ3) is 3.95. The van der Waals surface area contributed by atoms with Gasteiger partial charge in [-0.05, 0) is 35.2 Å². The van der Waals surface area contributed by atoms with Crippen LogP contribution in [0, 0.1) is 5.92 Å². The molecule has 0 aliphatic carbocycles. The minimum absolute atomic E-state index is 0.239. The largest absolute Gasteiger partial charge is 0.398 e. The molecule has 112 valence electrons. The molecule has 0 fully saturated rings. The summed E-state index contributed by atoms with van der Waals surface area (Å²) in [5.74, 6) is 0.142. The topological polar surface area (TPSA) is 75.3 Å². The fourth-order valence-electron chi connectivity index (χ4n) is 2.39. The Morgan fingerprint density at radius 3 is 2.48 bits per heavy atom. The molecule has 1 unspecified atom stereocenters. The van der Waals surface area contributed by atoms with E-state index in [9.17, 15) is 9.90 Å². The summed E-state index contributed by atoms with van der Waals surface area (Å²) in [7, 11) is 0. The maximum atomic E-state index is 12.2. The summed E-state index contributed by atoms with van der Waals surface area (Å²) in [5.41, 5.74) is 6.85. The quantitative estimate of drug-likeness (QED) is 0.739. The fraction of sp³-hybridized carbons (Fsp3) is 0.353. The molecular weight excluding hydrogens is 264 g/mol. The van der Waals surface area contributed by atoms with Crippen LogP contribution >= 0.6 is 0 Å². The molecule has 1 atom stereocenters. The Bertz CT molecular complexity index is 638. The van der Waals surface area contributed by atoms with Gasteiger partial charge in [0, 0.05) is 12.2 Å². The highest BCUT2D eigenvalue weighted by Crippen LogP contribution is 2.21. The molecule has 2 aromatic carbocycles. The Morgan fingerprint density at radius 1 is 1.24 bits per heavy atom. The maximum absolute atomic E-state index is 12.2. The van der Waals surface area contributed by atoms with Crippen LogP contribution < -0.4 is 11.1 Å². The third-order valence-electron chi connectivity index (χ3n) is 3.40. The predicted molar refractivity (Wildman–Crippen MR) is 86.2 cm³/mol. The van der Waals surface area contributed by atoms with Crippen molar-refractivity contribution < 1.29 is 9.90 Å². The normalized spacial score (nSPS) is 12.6. The molecule has 0 radical (unpaired) electrons. The van der Waals surface area contributed by atoms with E-state index in [0.29, 0.717) is 23.6 Å². The molecule has 0 spiro atoms. The number of aliphatic hydroxyl groups excluding tert-OH is 1. The summed E-state index contributed by atoms with van der Waals surface area (Å²) >= 11 is 0. The number of hydrogen-bond donors (Lipinski definition) is 3. The van der Waals surface area contributed by atoms with Gasteiger partial charge in [0.1, 0.15) is 0 Å². The summed E-state index contributed by atoms with van der Waals surface area (Å²) in [6.07, 6.45) is 0.128. The zero-order chi connectivity index (χ0) is 15.4. The SMILES string of the molecule is CC(C)CC(O)CNC(=O)c1cc2ccccc2cc1N. The van der Waals surface area contributed by atoms with Gasteiger partial charge >= 0.3 is 0 Å². The van der Waals surface area contributed by atoms with Crippen molar-refractivity contribution in [3.05, 3.63) is 42.0 Å². The van der Waals surface area contributed by atoms with Crippen LogP contribution in [0.4, 0.5) is 5.69 Å². The van der Waals surface area contributed by atoms with Crippen LogP contribution in [0.3, 0.4) is 0 Å². The molecule has 0 heterocycles. The number of aliphatic hydroxyl groups is 1. The van der Waals surface area contributed by atoms with E-state index in [-0.39, 0.29) is 12.5 Å². The number of fused-ring (bicyclic) bond motifs is 1. The van der Waals surface area contributed by atoms with E-state index in [1.165, 1.54) is 0 Å². The van der Waals surface area contributed by atoms with Crippen molar-refractivity contribution in [2.24, 2.45) is 5.92 Å². The Balaban J connectivity index is 2.10. The Morgan fingerprint density at radius 2 is 1.86 bits per heavy atom. The van der Waals surface area contributed by atoms with Gasteiger partial charge in [-0.1, -0.05) is 38.1 Å². The first-order valence-corrected chi connectivity index (χ1v) is 7.22. The van der Waals surface area contributed by atoms with Gasteiger partial charge in [0.2, 0.25) is 0 Å². The van der Waals surface area contributed by atoms with E-state index in [4.69, 9.17) is 5.73 Å². The number of anilines is 1. The first-order valence-electron chi connectivity index (χ1n) is 7.22. The van der Waals surface area contributed by atoms with E-state index in [1.54, 1.807) is 12.1 Å². The molecule has 4 heteroatoms. The van der Waals surface area contributed by atoms with Crippen LogP contribution in [0.5, 0.6) is 0 Å². The molecule has 0 saturated carbocycles. The third-order valence-corrected chi connectivity index (χ3v) is 3.40. The number of amides is 1. The number of hydrogen-bond acceptors (Lipinski definition) is 3. The number of benzene rings is 2. The van der Waals surface area contributed by atoms with Crippen LogP contribution in [0.15, 0.2) is 36.4 Å². The lowest BCUT2D eigenvalue weighted by Gasteiger charge is -2.14. The summed E-state index contributed by atoms with van der Waals surface area (Å²) in [6.45, 7) is 4.31. The van der Waals surface area contributed by atoms with Crippen LogP contribution in [0.2, 0.25) is 0 Å². The predicted octanol–water partition coefficient (Wildman–Crippen LogP) is 2.56. The summed E-state index contributed by atoms with van der Waals surface area (Å²) in [4.78, 5) is 12.2. The second-order valence-electron chi connectivity index (χ2n) is 5.78. The number of carbonyl (C=O) groups is 1. The molecule has 0 aliphatic rings. The molecule has 4 N–H and O–H groups in total. The van der Waals surface area contributed by atoms with Crippen molar-refractivity contribution >= 4 is 22.4 Å². The molecule has 0 saturated heterocycles. The second-order valence-corrected chi connectivity index (χ2v) is 5.78. The van der Waals surface area contributed by atoms with E-state index in [2.05, 4.69) is 5.32 Å². The lowest BCUT2D eigenvalue weighted by molar-refractivity contribution is 0.0901. The van der Waals surface area contributed by atoms with Gasteiger partial charge in [-0.2, -0.15) is 0 Å². The van der Waals surface area contributed by atoms with E-state index in [0.717, 1.165) is 10.8 Å². The van der Waals surface area contributed by atoms with Crippen molar-refractivity contribution in [3.63, 3.8) is 0 Å². The molecule has 4 nitrogen and oxygen atoms in total. The van der Waals surface area contributed by atoms with Gasteiger partial charge in [-0.15, -0.1) is 0 Å². The van der Waals surface area contributed by atoms with Gasteiger partial charge in [-0.3, -0.25) is 4.79 Å². The molecular formula is C17H22N2O2. The zero-order valence-electron chi connectivity index (χ0n) is 12.5. The van der Waals surface area contributed by atoms with Crippen LogP contribution in [-0.2, 0) is 0 Å². The Kier molecular flexibility index (Phi) is 4.81. The molecule has 0 bridgehead atoms. The summed E-state index contributed by atoms with van der Waals surface area (Å²) in [5, 5.41) is 14.5. The molecule has 0 aliphatic heterocycles. The van der Waals surface area contributed by atoms with Crippen LogP contribution in [0.25, 0.3) is 10.8 Å². The standard InChI is InChI=1S/C17H22N2O2/c1-11(2)7-14(20)10-19-17(21)15-8-12-5-3-4-6-13(12)9-16(15)18/h3-6,8-9,11,14,20H,7,10,18H2,1-2H3,(H,19,21). The van der Waals surface area contributed by atoms with E-state index in [1.807, 2.05) is 38.1 Å². The smallest absolute Gasteiger partial charge is 0.253 e. The van der Waals surface area contributed by atoms with Gasteiger partial charge in [0.25, 0.3) is 5.91 Å². The minimum atomic E-state index is -0.532. The van der Waals surface area contributed by atoms with E-state index < -0.39 is 6.10 Å². The van der Waals surface area contributed by atoms with Crippen molar-refractivity contribution in [3.8, 4) is 0 Å². The zero-order valence-corrected chi connectivity index (χ0v) is 12.5. The molecule has 1 amide bonds. The Hall–Kier alpha value is -2.07. The van der Waals surface area contributed by atoms with Crippen molar-refractivity contribution in [2.45, 2.75) is 26.4 Å². The first-order chi connectivity index (χ1) is 9.97. The lowest BCUT2D eigenvalue weighted by Crippen LogP contribution is -2.33. The molecule has 2 aromatic rings. The minimum Gasteiger partial charge on any atom is -0.398 e. The lowest BCUT2D eigenvalue weighted by atomic mass is 10.0. The maximum Gasteiger partial charge on any atom is 0.253 e. The number of nitrogen functional groups attached to an aromatic ring is 1. The highest BCUT2D eigenvalue weighted by atomic mass is 16.3. The summed E-state index contributed by atoms with van der Waals surface area (Å²) in [6, 6.07) is 11.3. The average molecular weight is 286 g/mol. The van der Waals surface area contributed by atoms with Crippen LogP contribution in [0.1, 0.15) is 30.6 Å². The second kappa shape index (κ2) is 6.59. The molecule has 0 aromatic heterocycles. The van der Waals surface area contributed by atoms with E-state index >= 15 is 0 Å². The van der Waals surface area contributed by atoms with Crippen molar-refractivity contribution in [2.75, 3.05) is 12.3 Å². The van der Waals surface area contributed by atoms with Gasteiger partial charge in [0.15, 0.2) is 0 Å². The van der Waals surface area contributed by atoms with Gasteiger partial charge < -0.3 is 16.2 Å².